The first kappa shape index (κ1) is 15.0. The first-order valence-electron chi connectivity index (χ1n) is 7.39. The Morgan fingerprint density at radius 3 is 3.04 bits per heavy atom. The van der Waals surface area contributed by atoms with Crippen LogP contribution in [0.5, 0.6) is 11.5 Å². The molecular formula is C17H12N2O6. The molecule has 4 rings (SSSR count). The highest BCUT2D eigenvalue weighted by molar-refractivity contribution is 5.86. The van der Waals surface area contributed by atoms with Gasteiger partial charge >= 0.3 is 5.97 Å². The van der Waals surface area contributed by atoms with Gasteiger partial charge in [-0.15, -0.1) is 0 Å². The zero-order valence-electron chi connectivity index (χ0n) is 12.9. The second-order valence-corrected chi connectivity index (χ2v) is 5.04. The number of rotatable bonds is 5. The molecule has 0 saturated heterocycles. The number of aromatic nitrogens is 2. The van der Waals surface area contributed by atoms with Gasteiger partial charge in [0.25, 0.3) is 5.89 Å². The maximum absolute atomic E-state index is 11.6. The van der Waals surface area contributed by atoms with Gasteiger partial charge < -0.3 is 23.2 Å². The minimum atomic E-state index is -0.542. The Labute approximate surface area is 141 Å². The summed E-state index contributed by atoms with van der Waals surface area (Å²) in [5.74, 6) is 1.87. The van der Waals surface area contributed by atoms with Crippen molar-refractivity contribution in [3.63, 3.8) is 0 Å². The van der Waals surface area contributed by atoms with Crippen molar-refractivity contribution in [3.05, 3.63) is 54.3 Å². The van der Waals surface area contributed by atoms with E-state index in [4.69, 9.17) is 23.2 Å². The van der Waals surface area contributed by atoms with Crippen LogP contribution >= 0.6 is 0 Å². The van der Waals surface area contributed by atoms with Gasteiger partial charge in [0.05, 0.1) is 6.26 Å². The van der Waals surface area contributed by atoms with Gasteiger partial charge in [-0.05, 0) is 36.4 Å². The lowest BCUT2D eigenvalue weighted by Gasteiger charge is -1.97. The van der Waals surface area contributed by atoms with Crippen LogP contribution in [0.1, 0.15) is 11.7 Å². The van der Waals surface area contributed by atoms with Crippen molar-refractivity contribution in [3.8, 4) is 22.9 Å². The molecule has 8 nitrogen and oxygen atoms in total. The largest absolute Gasteiger partial charge is 0.465 e. The standard InChI is InChI=1S/C17H12N2O6/c20-16(6-4-12-2-1-7-21-12)22-9-15-18-17(19-25-15)11-3-5-13-14(8-11)24-10-23-13/h1-8H,9-10H2. The fourth-order valence-electron chi connectivity index (χ4n) is 2.18. The van der Waals surface area contributed by atoms with Crippen LogP contribution in [0.15, 0.2) is 51.6 Å². The SMILES string of the molecule is O=C(C=Cc1ccco1)OCc1nc(-c2ccc3c(c2)OCO3)no1. The normalized spacial score (nSPS) is 12.6. The van der Waals surface area contributed by atoms with Crippen molar-refractivity contribution < 1.29 is 27.9 Å². The summed E-state index contributed by atoms with van der Waals surface area (Å²) in [6.07, 6.45) is 4.28. The van der Waals surface area contributed by atoms with Crippen LogP contribution in [0.3, 0.4) is 0 Å². The summed E-state index contributed by atoms with van der Waals surface area (Å²) in [6, 6.07) is 8.77. The minimum Gasteiger partial charge on any atom is -0.465 e. The van der Waals surface area contributed by atoms with E-state index >= 15 is 0 Å². The molecule has 8 heteroatoms. The minimum absolute atomic E-state index is 0.126. The fourth-order valence-corrected chi connectivity index (χ4v) is 2.18. The number of ether oxygens (including phenoxy) is 3. The third kappa shape index (κ3) is 3.37. The molecule has 0 saturated carbocycles. The number of carbonyl (C=O) groups is 1. The molecule has 0 radical (unpaired) electrons. The molecule has 0 bridgehead atoms. The summed E-state index contributed by atoms with van der Waals surface area (Å²) in [5.41, 5.74) is 0.711. The predicted octanol–water partition coefficient (Wildman–Crippen LogP) is 2.81. The molecule has 1 aliphatic heterocycles. The summed E-state index contributed by atoms with van der Waals surface area (Å²) in [7, 11) is 0. The van der Waals surface area contributed by atoms with Crippen molar-refractivity contribution in [1.82, 2.24) is 10.1 Å². The third-order valence-corrected chi connectivity index (χ3v) is 3.36. The third-order valence-electron chi connectivity index (χ3n) is 3.36. The Bertz CT molecular complexity index is 913. The number of carbonyl (C=O) groups excluding carboxylic acids is 1. The lowest BCUT2D eigenvalue weighted by Crippen LogP contribution is -2.00. The van der Waals surface area contributed by atoms with E-state index in [1.807, 2.05) is 0 Å². The van der Waals surface area contributed by atoms with Gasteiger partial charge in [0.1, 0.15) is 5.76 Å². The number of benzene rings is 1. The lowest BCUT2D eigenvalue weighted by atomic mass is 10.2. The topological polar surface area (TPSA) is 96.8 Å². The number of furan rings is 1. The van der Waals surface area contributed by atoms with Crippen LogP contribution in [0.4, 0.5) is 0 Å². The van der Waals surface area contributed by atoms with Crippen LogP contribution in [0.25, 0.3) is 17.5 Å². The van der Waals surface area contributed by atoms with Gasteiger partial charge in [-0.1, -0.05) is 5.16 Å². The van der Waals surface area contributed by atoms with E-state index in [0.717, 1.165) is 0 Å². The Morgan fingerprint density at radius 1 is 1.24 bits per heavy atom. The van der Waals surface area contributed by atoms with E-state index in [1.54, 1.807) is 30.3 Å². The smallest absolute Gasteiger partial charge is 0.331 e. The van der Waals surface area contributed by atoms with Crippen LogP contribution in [-0.4, -0.2) is 22.9 Å². The molecule has 126 valence electrons. The second kappa shape index (κ2) is 6.52. The number of fused-ring (bicyclic) bond motifs is 1. The zero-order chi connectivity index (χ0) is 17.1. The molecule has 0 fully saturated rings. The molecule has 3 aromatic rings. The van der Waals surface area contributed by atoms with Gasteiger partial charge in [-0.25, -0.2) is 4.79 Å². The van der Waals surface area contributed by atoms with Crippen LogP contribution < -0.4 is 9.47 Å². The first-order chi connectivity index (χ1) is 12.3. The maximum atomic E-state index is 11.6. The van der Waals surface area contributed by atoms with E-state index < -0.39 is 5.97 Å². The summed E-state index contributed by atoms with van der Waals surface area (Å²) >= 11 is 0. The van der Waals surface area contributed by atoms with Gasteiger partial charge in [-0.2, -0.15) is 4.98 Å². The molecule has 1 aliphatic rings. The molecule has 2 aromatic heterocycles. The van der Waals surface area contributed by atoms with Crippen molar-refractivity contribution in [1.29, 1.82) is 0 Å². The van der Waals surface area contributed by atoms with Crippen LogP contribution in [-0.2, 0) is 16.1 Å². The molecule has 25 heavy (non-hydrogen) atoms. The Balaban J connectivity index is 1.37. The molecule has 0 aliphatic carbocycles. The van der Waals surface area contributed by atoms with Crippen LogP contribution in [0, 0.1) is 0 Å². The van der Waals surface area contributed by atoms with E-state index in [2.05, 4.69) is 10.1 Å². The Kier molecular flexibility index (Phi) is 3.91. The Hall–Kier alpha value is -3.55. The molecule has 0 atom stereocenters. The molecule has 0 spiro atoms. The maximum Gasteiger partial charge on any atom is 0.331 e. The summed E-state index contributed by atoms with van der Waals surface area (Å²) < 4.78 is 25.8. The van der Waals surface area contributed by atoms with E-state index in [0.29, 0.717) is 28.6 Å². The highest BCUT2D eigenvalue weighted by Gasteiger charge is 2.16. The predicted molar refractivity (Wildman–Crippen MR) is 83.4 cm³/mol. The molecule has 3 heterocycles. The zero-order valence-corrected chi connectivity index (χ0v) is 12.9. The average molecular weight is 340 g/mol. The molecule has 0 N–H and O–H groups in total. The molecule has 0 unspecified atom stereocenters. The van der Waals surface area contributed by atoms with Gasteiger partial charge in [0, 0.05) is 11.6 Å². The van der Waals surface area contributed by atoms with Crippen LogP contribution in [0.2, 0.25) is 0 Å². The highest BCUT2D eigenvalue weighted by Crippen LogP contribution is 2.35. The quantitative estimate of drug-likeness (QED) is 0.517. The molecule has 1 aromatic carbocycles. The number of hydrogen-bond donors (Lipinski definition) is 0. The molecular weight excluding hydrogens is 328 g/mol. The van der Waals surface area contributed by atoms with Crippen molar-refractivity contribution in [2.75, 3.05) is 6.79 Å². The monoisotopic (exact) mass is 340 g/mol. The molecule has 0 amide bonds. The van der Waals surface area contributed by atoms with Crippen molar-refractivity contribution >= 4 is 12.0 Å². The Morgan fingerprint density at radius 2 is 2.16 bits per heavy atom. The fraction of sp³-hybridized carbons (Fsp3) is 0.118. The summed E-state index contributed by atoms with van der Waals surface area (Å²) in [4.78, 5) is 15.8. The van der Waals surface area contributed by atoms with E-state index in [9.17, 15) is 4.79 Å². The van der Waals surface area contributed by atoms with E-state index in [-0.39, 0.29) is 19.3 Å². The highest BCUT2D eigenvalue weighted by atomic mass is 16.7. The number of hydrogen-bond acceptors (Lipinski definition) is 8. The second-order valence-electron chi connectivity index (χ2n) is 5.04. The first-order valence-corrected chi connectivity index (χ1v) is 7.39. The van der Waals surface area contributed by atoms with E-state index in [1.165, 1.54) is 18.4 Å². The van der Waals surface area contributed by atoms with Gasteiger partial charge in [0.15, 0.2) is 18.1 Å². The van der Waals surface area contributed by atoms with Crippen molar-refractivity contribution in [2.24, 2.45) is 0 Å². The average Bonchev–Trinajstić information content (AvgIpc) is 3.39. The number of esters is 1. The lowest BCUT2D eigenvalue weighted by molar-refractivity contribution is -0.139. The summed E-state index contributed by atoms with van der Waals surface area (Å²) in [6.45, 7) is 0.0661. The number of nitrogens with zero attached hydrogens (tertiary/aromatic N) is 2. The van der Waals surface area contributed by atoms with Crippen molar-refractivity contribution in [2.45, 2.75) is 6.61 Å². The van der Waals surface area contributed by atoms with Gasteiger partial charge in [-0.3, -0.25) is 0 Å². The van der Waals surface area contributed by atoms with Gasteiger partial charge in [0.2, 0.25) is 12.6 Å². The summed E-state index contributed by atoms with van der Waals surface area (Å²) in [5, 5.41) is 3.87.